The third-order valence-corrected chi connectivity index (χ3v) is 3.24. The summed E-state index contributed by atoms with van der Waals surface area (Å²) < 4.78 is 0.799. The van der Waals surface area contributed by atoms with Crippen molar-refractivity contribution in [3.8, 4) is 0 Å². The number of benzene rings is 1. The van der Waals surface area contributed by atoms with Gasteiger partial charge in [0.15, 0.2) is 0 Å². The van der Waals surface area contributed by atoms with E-state index in [2.05, 4.69) is 21.2 Å². The van der Waals surface area contributed by atoms with Crippen LogP contribution < -0.4 is 5.32 Å². The molecule has 0 aliphatic rings. The number of anilines is 1. The fourth-order valence-electron chi connectivity index (χ4n) is 0.998. The molecule has 0 bridgehead atoms. The summed E-state index contributed by atoms with van der Waals surface area (Å²) in [6.07, 6.45) is 2.50. The molecule has 0 fully saturated rings. The summed E-state index contributed by atoms with van der Waals surface area (Å²) in [6, 6.07) is 5.28. The molecule has 5 heteroatoms. The molecular formula is C10H11BrClNOS. The smallest absolute Gasteiger partial charge is 0.225 e. The molecule has 0 radical (unpaired) electrons. The van der Waals surface area contributed by atoms with E-state index in [0.29, 0.717) is 11.4 Å². The minimum Gasteiger partial charge on any atom is -0.325 e. The number of rotatable bonds is 4. The second-order valence-corrected chi connectivity index (χ2v) is 5.19. The Labute approximate surface area is 107 Å². The van der Waals surface area contributed by atoms with Crippen LogP contribution in [0.15, 0.2) is 22.7 Å². The van der Waals surface area contributed by atoms with Crippen LogP contribution in [0.3, 0.4) is 0 Å². The van der Waals surface area contributed by atoms with Gasteiger partial charge in [-0.25, -0.2) is 0 Å². The molecule has 1 N–H and O–H groups in total. The van der Waals surface area contributed by atoms with Crippen LogP contribution in [0.5, 0.6) is 0 Å². The van der Waals surface area contributed by atoms with E-state index in [0.717, 1.165) is 15.9 Å². The number of thioether (sulfide) groups is 1. The van der Waals surface area contributed by atoms with Gasteiger partial charge in [-0.15, -0.1) is 0 Å². The van der Waals surface area contributed by atoms with Crippen LogP contribution in [0.1, 0.15) is 6.42 Å². The summed E-state index contributed by atoms with van der Waals surface area (Å²) in [4.78, 5) is 11.4. The van der Waals surface area contributed by atoms with Crippen LogP contribution in [0, 0.1) is 0 Å². The van der Waals surface area contributed by atoms with Gasteiger partial charge in [-0.2, -0.15) is 11.8 Å². The highest BCUT2D eigenvalue weighted by Crippen LogP contribution is 2.25. The lowest BCUT2D eigenvalue weighted by atomic mass is 10.3. The predicted molar refractivity (Wildman–Crippen MR) is 70.8 cm³/mol. The summed E-state index contributed by atoms with van der Waals surface area (Å²) in [5.74, 6) is 0.851. The van der Waals surface area contributed by atoms with Crippen molar-refractivity contribution >= 4 is 50.9 Å². The Balaban J connectivity index is 2.60. The van der Waals surface area contributed by atoms with Gasteiger partial charge < -0.3 is 5.32 Å². The van der Waals surface area contributed by atoms with Gasteiger partial charge in [-0.1, -0.05) is 11.6 Å². The standard InChI is InChI=1S/C10H11BrClNOS/c1-15-5-4-10(14)13-9-3-2-7(12)6-8(9)11/h2-3,6H,4-5H2,1H3,(H,13,14). The van der Waals surface area contributed by atoms with Crippen molar-refractivity contribution in [3.63, 3.8) is 0 Å². The number of amides is 1. The van der Waals surface area contributed by atoms with Gasteiger partial charge in [0.1, 0.15) is 0 Å². The lowest BCUT2D eigenvalue weighted by Crippen LogP contribution is -2.12. The largest absolute Gasteiger partial charge is 0.325 e. The highest BCUT2D eigenvalue weighted by Gasteiger charge is 2.05. The second kappa shape index (κ2) is 6.40. The maximum Gasteiger partial charge on any atom is 0.225 e. The first-order chi connectivity index (χ1) is 7.13. The van der Waals surface area contributed by atoms with Crippen LogP contribution >= 0.6 is 39.3 Å². The SMILES string of the molecule is CSCCC(=O)Nc1ccc(Cl)cc1Br. The van der Waals surface area contributed by atoms with Crippen molar-refractivity contribution in [2.24, 2.45) is 0 Å². The van der Waals surface area contributed by atoms with Gasteiger partial charge in [-0.05, 0) is 40.4 Å². The molecule has 2 nitrogen and oxygen atoms in total. The monoisotopic (exact) mass is 307 g/mol. The number of hydrogen-bond acceptors (Lipinski definition) is 2. The number of nitrogens with one attached hydrogen (secondary N) is 1. The van der Waals surface area contributed by atoms with E-state index in [9.17, 15) is 4.79 Å². The molecule has 0 saturated carbocycles. The third kappa shape index (κ3) is 4.45. The van der Waals surface area contributed by atoms with E-state index >= 15 is 0 Å². The molecule has 0 aromatic heterocycles. The second-order valence-electron chi connectivity index (χ2n) is 2.92. The number of carbonyl (C=O) groups excluding carboxylic acids is 1. The molecule has 0 aliphatic heterocycles. The van der Waals surface area contributed by atoms with Crippen molar-refractivity contribution in [3.05, 3.63) is 27.7 Å². The summed E-state index contributed by atoms with van der Waals surface area (Å²) >= 11 is 10.8. The van der Waals surface area contributed by atoms with Gasteiger partial charge in [0.05, 0.1) is 5.69 Å². The van der Waals surface area contributed by atoms with Gasteiger partial charge in [0.2, 0.25) is 5.91 Å². The van der Waals surface area contributed by atoms with Crippen LogP contribution in [0.2, 0.25) is 5.02 Å². The van der Waals surface area contributed by atoms with Crippen LogP contribution in [0.25, 0.3) is 0 Å². The van der Waals surface area contributed by atoms with Gasteiger partial charge >= 0.3 is 0 Å². The highest BCUT2D eigenvalue weighted by molar-refractivity contribution is 9.10. The molecule has 0 spiro atoms. The first kappa shape index (κ1) is 12.9. The lowest BCUT2D eigenvalue weighted by Gasteiger charge is -2.06. The topological polar surface area (TPSA) is 29.1 Å². The number of hydrogen-bond donors (Lipinski definition) is 1. The van der Waals surface area contributed by atoms with E-state index in [1.165, 1.54) is 0 Å². The van der Waals surface area contributed by atoms with Crippen molar-refractivity contribution in [2.75, 3.05) is 17.3 Å². The van der Waals surface area contributed by atoms with Crippen molar-refractivity contribution in [2.45, 2.75) is 6.42 Å². The van der Waals surface area contributed by atoms with Crippen molar-refractivity contribution in [1.82, 2.24) is 0 Å². The zero-order valence-corrected chi connectivity index (χ0v) is 11.4. The molecule has 82 valence electrons. The summed E-state index contributed by atoms with van der Waals surface area (Å²) in [5, 5.41) is 3.46. The minimum absolute atomic E-state index is 0.0207. The Morgan fingerprint density at radius 1 is 1.60 bits per heavy atom. The molecule has 15 heavy (non-hydrogen) atoms. The van der Waals surface area contributed by atoms with E-state index in [-0.39, 0.29) is 5.91 Å². The lowest BCUT2D eigenvalue weighted by molar-refractivity contribution is -0.115. The number of halogens is 2. The van der Waals surface area contributed by atoms with Crippen LogP contribution in [-0.2, 0) is 4.79 Å². The first-order valence-electron chi connectivity index (χ1n) is 4.37. The molecule has 0 aliphatic carbocycles. The summed E-state index contributed by atoms with van der Waals surface area (Å²) in [6.45, 7) is 0. The minimum atomic E-state index is 0.0207. The van der Waals surface area contributed by atoms with Crippen LogP contribution in [0.4, 0.5) is 5.69 Å². The highest BCUT2D eigenvalue weighted by atomic mass is 79.9. The normalized spacial score (nSPS) is 10.1. The predicted octanol–water partition coefficient (Wildman–Crippen LogP) is 3.79. The molecule has 0 atom stereocenters. The maximum absolute atomic E-state index is 11.4. The van der Waals surface area contributed by atoms with Crippen LogP contribution in [-0.4, -0.2) is 17.9 Å². The summed E-state index contributed by atoms with van der Waals surface area (Å²) in [5.41, 5.74) is 0.755. The van der Waals surface area contributed by atoms with Crippen molar-refractivity contribution < 1.29 is 4.79 Å². The number of carbonyl (C=O) groups is 1. The Bertz CT molecular complexity index is 359. The first-order valence-corrected chi connectivity index (χ1v) is 6.94. The van der Waals surface area contributed by atoms with Gasteiger partial charge in [-0.3, -0.25) is 4.79 Å². The summed E-state index contributed by atoms with van der Waals surface area (Å²) in [7, 11) is 0. The van der Waals surface area contributed by atoms with Crippen molar-refractivity contribution in [1.29, 1.82) is 0 Å². The average Bonchev–Trinajstić information content (AvgIpc) is 2.19. The van der Waals surface area contributed by atoms with E-state index in [1.807, 2.05) is 6.26 Å². The Morgan fingerprint density at radius 3 is 2.93 bits per heavy atom. The zero-order chi connectivity index (χ0) is 11.3. The maximum atomic E-state index is 11.4. The average molecular weight is 309 g/mol. The third-order valence-electron chi connectivity index (χ3n) is 1.74. The zero-order valence-electron chi connectivity index (χ0n) is 8.22. The molecule has 0 unspecified atom stereocenters. The van der Waals surface area contributed by atoms with Gasteiger partial charge in [0.25, 0.3) is 0 Å². The molecule has 1 aromatic rings. The molecule has 0 heterocycles. The van der Waals surface area contributed by atoms with E-state index in [1.54, 1.807) is 30.0 Å². The Hall–Kier alpha value is -0.190. The van der Waals surface area contributed by atoms with E-state index in [4.69, 9.17) is 11.6 Å². The molecule has 1 rings (SSSR count). The Morgan fingerprint density at radius 2 is 2.33 bits per heavy atom. The quantitative estimate of drug-likeness (QED) is 0.917. The fraction of sp³-hybridized carbons (Fsp3) is 0.300. The molecule has 1 amide bonds. The molecular weight excluding hydrogens is 298 g/mol. The molecule has 0 saturated heterocycles. The fourth-order valence-corrected chi connectivity index (χ4v) is 2.17. The Kier molecular flexibility index (Phi) is 5.50. The van der Waals surface area contributed by atoms with E-state index < -0.39 is 0 Å². The molecule has 1 aromatic carbocycles. The van der Waals surface area contributed by atoms with Gasteiger partial charge in [0, 0.05) is 21.7 Å².